The third kappa shape index (κ3) is 2.66. The van der Waals surface area contributed by atoms with Crippen molar-refractivity contribution >= 4 is 46.0 Å². The summed E-state index contributed by atoms with van der Waals surface area (Å²) in [6, 6.07) is 15.1. The maximum absolute atomic E-state index is 12.1. The van der Waals surface area contributed by atoms with Gasteiger partial charge < -0.3 is 10.3 Å². The molecule has 0 radical (unpaired) electrons. The number of rotatable bonds is 2. The van der Waals surface area contributed by atoms with E-state index in [0.29, 0.717) is 16.4 Å². The minimum atomic E-state index is -0.239. The molecule has 0 fully saturated rings. The SMILES string of the molecule is O=C1NN=C(Nc2ccc(Cl)cc2)C1=Cc1c[nH]c2ccccc12. The zero-order valence-corrected chi connectivity index (χ0v) is 13.3. The van der Waals surface area contributed by atoms with E-state index in [1.165, 1.54) is 0 Å². The highest BCUT2D eigenvalue weighted by atomic mass is 35.5. The normalized spacial score (nSPS) is 15.6. The molecule has 0 aliphatic carbocycles. The molecule has 0 unspecified atom stereocenters. The van der Waals surface area contributed by atoms with E-state index in [-0.39, 0.29) is 5.91 Å². The van der Waals surface area contributed by atoms with Crippen molar-refractivity contribution in [3.8, 4) is 0 Å². The molecule has 1 aromatic heterocycles. The molecule has 118 valence electrons. The van der Waals surface area contributed by atoms with Crippen LogP contribution in [0.4, 0.5) is 5.69 Å². The number of amides is 1. The minimum Gasteiger partial charge on any atom is -0.361 e. The van der Waals surface area contributed by atoms with Gasteiger partial charge in [0.05, 0.1) is 5.57 Å². The Balaban J connectivity index is 1.68. The fraction of sp³-hybridized carbons (Fsp3) is 0. The van der Waals surface area contributed by atoms with Crippen molar-refractivity contribution in [2.75, 3.05) is 5.32 Å². The van der Waals surface area contributed by atoms with Gasteiger partial charge in [-0.05, 0) is 36.4 Å². The zero-order chi connectivity index (χ0) is 16.5. The van der Waals surface area contributed by atoms with E-state index in [9.17, 15) is 4.79 Å². The van der Waals surface area contributed by atoms with Gasteiger partial charge in [-0.3, -0.25) is 4.79 Å². The number of aromatic nitrogens is 1. The summed E-state index contributed by atoms with van der Waals surface area (Å²) in [6.07, 6.45) is 3.70. The Bertz CT molecular complexity index is 986. The molecule has 0 saturated carbocycles. The molecule has 1 aliphatic heterocycles. The fourth-order valence-corrected chi connectivity index (χ4v) is 2.73. The quantitative estimate of drug-likeness (QED) is 0.624. The highest BCUT2D eigenvalue weighted by Crippen LogP contribution is 2.22. The second kappa shape index (κ2) is 5.86. The lowest BCUT2D eigenvalue weighted by Crippen LogP contribution is -2.17. The van der Waals surface area contributed by atoms with Gasteiger partial charge in [0.2, 0.25) is 0 Å². The first-order chi connectivity index (χ1) is 11.7. The highest BCUT2D eigenvalue weighted by molar-refractivity contribution is 6.31. The molecule has 2 aromatic carbocycles. The molecule has 4 rings (SSSR count). The van der Waals surface area contributed by atoms with Crippen molar-refractivity contribution in [2.45, 2.75) is 0 Å². The average molecular weight is 337 g/mol. The van der Waals surface area contributed by atoms with E-state index < -0.39 is 0 Å². The van der Waals surface area contributed by atoms with Gasteiger partial charge in [-0.1, -0.05) is 29.8 Å². The molecule has 24 heavy (non-hydrogen) atoms. The average Bonchev–Trinajstić information content (AvgIpc) is 3.16. The topological polar surface area (TPSA) is 69.3 Å². The molecule has 6 heteroatoms. The molecule has 0 spiro atoms. The summed E-state index contributed by atoms with van der Waals surface area (Å²) >= 11 is 5.89. The molecule has 0 saturated heterocycles. The summed E-state index contributed by atoms with van der Waals surface area (Å²) in [5, 5.41) is 8.91. The number of halogens is 1. The van der Waals surface area contributed by atoms with Crippen molar-refractivity contribution in [2.24, 2.45) is 5.10 Å². The number of aromatic amines is 1. The van der Waals surface area contributed by atoms with E-state index >= 15 is 0 Å². The first-order valence-electron chi connectivity index (χ1n) is 7.39. The van der Waals surface area contributed by atoms with Crippen LogP contribution in [0.15, 0.2) is 65.4 Å². The molecule has 2 heterocycles. The predicted octanol–water partition coefficient (Wildman–Crippen LogP) is 3.76. The summed E-state index contributed by atoms with van der Waals surface area (Å²) in [7, 11) is 0. The number of anilines is 1. The van der Waals surface area contributed by atoms with Gasteiger partial charge in [0.1, 0.15) is 0 Å². The number of H-pyrrole nitrogens is 1. The summed E-state index contributed by atoms with van der Waals surface area (Å²) in [5.41, 5.74) is 5.73. The van der Waals surface area contributed by atoms with Crippen molar-refractivity contribution in [1.82, 2.24) is 10.4 Å². The Labute approximate surface area is 143 Å². The zero-order valence-electron chi connectivity index (χ0n) is 12.5. The molecular formula is C18H13ClN4O. The Morgan fingerprint density at radius 2 is 1.88 bits per heavy atom. The van der Waals surface area contributed by atoms with Crippen molar-refractivity contribution in [3.63, 3.8) is 0 Å². The minimum absolute atomic E-state index is 0.239. The number of nitrogens with zero attached hydrogens (tertiary/aromatic N) is 1. The molecule has 0 atom stereocenters. The number of nitrogens with one attached hydrogen (secondary N) is 3. The molecule has 5 nitrogen and oxygen atoms in total. The first kappa shape index (κ1) is 14.5. The van der Waals surface area contributed by atoms with Gasteiger partial charge in [-0.2, -0.15) is 5.10 Å². The van der Waals surface area contributed by atoms with E-state index in [1.54, 1.807) is 12.1 Å². The van der Waals surface area contributed by atoms with E-state index in [0.717, 1.165) is 22.2 Å². The van der Waals surface area contributed by atoms with E-state index in [2.05, 4.69) is 20.8 Å². The summed E-state index contributed by atoms with van der Waals surface area (Å²) in [5.74, 6) is 0.240. The van der Waals surface area contributed by atoms with Crippen LogP contribution in [0.5, 0.6) is 0 Å². The number of para-hydroxylation sites is 1. The van der Waals surface area contributed by atoms with Gasteiger partial charge in [-0.25, -0.2) is 5.43 Å². The van der Waals surface area contributed by atoms with Gasteiger partial charge in [0, 0.05) is 33.4 Å². The van der Waals surface area contributed by atoms with Crippen LogP contribution in [0.3, 0.4) is 0 Å². The van der Waals surface area contributed by atoms with Crippen LogP contribution in [0, 0.1) is 0 Å². The summed E-state index contributed by atoms with van der Waals surface area (Å²) in [6.45, 7) is 0. The smallest absolute Gasteiger partial charge is 0.275 e. The Kier molecular flexibility index (Phi) is 3.55. The fourth-order valence-electron chi connectivity index (χ4n) is 2.60. The number of hydrazone groups is 1. The predicted molar refractivity (Wildman–Crippen MR) is 96.9 cm³/mol. The molecule has 3 aromatic rings. The molecular weight excluding hydrogens is 324 g/mol. The maximum atomic E-state index is 12.1. The lowest BCUT2D eigenvalue weighted by atomic mass is 10.1. The number of fused-ring (bicyclic) bond motifs is 1. The monoisotopic (exact) mass is 336 g/mol. The number of amidine groups is 1. The first-order valence-corrected chi connectivity index (χ1v) is 7.77. The third-order valence-corrected chi connectivity index (χ3v) is 4.05. The molecule has 0 bridgehead atoms. The Morgan fingerprint density at radius 3 is 2.71 bits per heavy atom. The lowest BCUT2D eigenvalue weighted by Gasteiger charge is -2.06. The van der Waals surface area contributed by atoms with E-state index in [4.69, 9.17) is 11.6 Å². The number of benzene rings is 2. The standard InChI is InChI=1S/C18H13ClN4O/c19-12-5-7-13(8-6-12)21-17-15(18(24)23-22-17)9-11-10-20-16-4-2-1-3-14(11)16/h1-10,20H,(H,21,22)(H,23,24). The van der Waals surface area contributed by atoms with Crippen LogP contribution < -0.4 is 10.7 Å². The number of carbonyl (C=O) groups excluding carboxylic acids is 1. The van der Waals surface area contributed by atoms with Crippen molar-refractivity contribution in [3.05, 3.63) is 70.9 Å². The van der Waals surface area contributed by atoms with Crippen molar-refractivity contribution < 1.29 is 4.79 Å². The third-order valence-electron chi connectivity index (χ3n) is 3.80. The number of hydrogen-bond acceptors (Lipinski definition) is 3. The van der Waals surface area contributed by atoms with Gasteiger partial charge in [0.15, 0.2) is 5.84 Å². The van der Waals surface area contributed by atoms with E-state index in [1.807, 2.05) is 48.7 Å². The molecule has 1 aliphatic rings. The maximum Gasteiger partial charge on any atom is 0.275 e. The van der Waals surface area contributed by atoms with Gasteiger partial charge >= 0.3 is 0 Å². The van der Waals surface area contributed by atoms with Crippen LogP contribution in [-0.4, -0.2) is 16.7 Å². The lowest BCUT2D eigenvalue weighted by molar-refractivity contribution is -0.116. The van der Waals surface area contributed by atoms with Crippen LogP contribution in [-0.2, 0) is 4.79 Å². The second-order valence-corrected chi connectivity index (χ2v) is 5.82. The summed E-state index contributed by atoms with van der Waals surface area (Å²) < 4.78 is 0. The Hall–Kier alpha value is -3.05. The van der Waals surface area contributed by atoms with Gasteiger partial charge in [0.25, 0.3) is 5.91 Å². The van der Waals surface area contributed by atoms with Crippen LogP contribution in [0.1, 0.15) is 5.56 Å². The molecule has 3 N–H and O–H groups in total. The highest BCUT2D eigenvalue weighted by Gasteiger charge is 2.23. The van der Waals surface area contributed by atoms with Crippen LogP contribution in [0.2, 0.25) is 5.02 Å². The molecule has 1 amide bonds. The number of carbonyl (C=O) groups is 1. The van der Waals surface area contributed by atoms with Crippen molar-refractivity contribution in [1.29, 1.82) is 0 Å². The second-order valence-electron chi connectivity index (χ2n) is 5.38. The number of hydrogen-bond donors (Lipinski definition) is 3. The largest absolute Gasteiger partial charge is 0.361 e. The van der Waals surface area contributed by atoms with Gasteiger partial charge in [-0.15, -0.1) is 0 Å². The Morgan fingerprint density at radius 1 is 1.08 bits per heavy atom. The van der Waals surface area contributed by atoms with Crippen LogP contribution >= 0.6 is 11.6 Å². The van der Waals surface area contributed by atoms with Crippen LogP contribution in [0.25, 0.3) is 17.0 Å². The summed E-state index contributed by atoms with van der Waals surface area (Å²) in [4.78, 5) is 15.3.